The zero-order valence-electron chi connectivity index (χ0n) is 16.2. The number of hydrogen-bond donors (Lipinski definition) is 1. The quantitative estimate of drug-likeness (QED) is 0.525. The van der Waals surface area contributed by atoms with E-state index in [1.165, 1.54) is 18.5 Å². The Morgan fingerprint density at radius 1 is 0.759 bits per heavy atom. The number of rotatable bonds is 4. The monoisotopic (exact) mass is 418 g/mol. The van der Waals surface area contributed by atoms with Crippen molar-refractivity contribution in [1.82, 2.24) is 9.97 Å². The molecule has 152 valence electrons. The van der Waals surface area contributed by atoms with Gasteiger partial charge in [-0.3, -0.25) is 0 Å². The number of aromatic nitrogens is 2. The average Bonchev–Trinajstić information content (AvgIpc) is 2.67. The van der Waals surface area contributed by atoms with Gasteiger partial charge in [0.05, 0.1) is 0 Å². The fourth-order valence-corrected chi connectivity index (χ4v) is 3.81. The summed E-state index contributed by atoms with van der Waals surface area (Å²) in [4.78, 5) is 8.21. The summed E-state index contributed by atoms with van der Waals surface area (Å²) >= 11 is -0.134. The maximum atomic E-state index is 12.5. The molecule has 0 fully saturated rings. The second kappa shape index (κ2) is 7.80. The Morgan fingerprint density at radius 2 is 1.24 bits per heavy atom. The largest absolute Gasteiger partial charge is 0.446 e. The molecule has 3 nitrogen and oxygen atoms in total. The van der Waals surface area contributed by atoms with Crippen LogP contribution in [0.3, 0.4) is 0 Å². The molecular weight excluding hydrogens is 397 g/mol. The summed E-state index contributed by atoms with van der Waals surface area (Å²) in [6.45, 7) is 5.81. The summed E-state index contributed by atoms with van der Waals surface area (Å²) in [5, 5.41) is 11.6. The lowest BCUT2D eigenvalue weighted by atomic mass is 9.69. The maximum absolute atomic E-state index is 12.5. The van der Waals surface area contributed by atoms with Crippen LogP contribution in [0.25, 0.3) is 11.1 Å². The molecule has 0 bridgehead atoms. The van der Waals surface area contributed by atoms with E-state index in [0.29, 0.717) is 11.1 Å². The highest BCUT2D eigenvalue weighted by molar-refractivity contribution is 8.00. The molecule has 3 rings (SSSR count). The van der Waals surface area contributed by atoms with E-state index in [1.54, 1.807) is 24.5 Å². The van der Waals surface area contributed by atoms with Crippen molar-refractivity contribution in [3.8, 4) is 11.1 Å². The average molecular weight is 418 g/mol. The summed E-state index contributed by atoms with van der Waals surface area (Å²) in [7, 11) is 0. The van der Waals surface area contributed by atoms with Crippen LogP contribution in [0, 0.1) is 5.41 Å². The third-order valence-corrected chi connectivity index (χ3v) is 5.53. The van der Waals surface area contributed by atoms with Crippen LogP contribution >= 0.6 is 11.8 Å². The maximum Gasteiger partial charge on any atom is 0.446 e. The minimum atomic E-state index is -4.30. The Labute approximate surface area is 172 Å². The Morgan fingerprint density at radius 3 is 1.69 bits per heavy atom. The molecule has 1 atom stereocenters. The summed E-state index contributed by atoms with van der Waals surface area (Å²) in [6, 6.07) is 13.6. The molecule has 0 aliphatic carbocycles. The lowest BCUT2D eigenvalue weighted by molar-refractivity contribution is -0.0328. The summed E-state index contributed by atoms with van der Waals surface area (Å²) in [5.74, 6) is 0. The minimum absolute atomic E-state index is 0.134. The van der Waals surface area contributed by atoms with Crippen molar-refractivity contribution < 1.29 is 18.3 Å². The van der Waals surface area contributed by atoms with Crippen LogP contribution in [0.2, 0.25) is 0 Å². The van der Waals surface area contributed by atoms with E-state index in [0.717, 1.165) is 11.1 Å². The smallest absolute Gasteiger partial charge is 0.380 e. The molecule has 0 amide bonds. The van der Waals surface area contributed by atoms with Gasteiger partial charge in [-0.1, -0.05) is 57.2 Å². The van der Waals surface area contributed by atoms with Gasteiger partial charge < -0.3 is 5.11 Å². The number of thioether (sulfide) groups is 1. The molecule has 3 aromatic rings. The highest BCUT2D eigenvalue weighted by atomic mass is 32.2. The number of nitrogens with zero attached hydrogens (tertiary/aromatic N) is 2. The number of benzene rings is 2. The molecule has 1 unspecified atom stereocenters. The van der Waals surface area contributed by atoms with Crippen molar-refractivity contribution in [1.29, 1.82) is 0 Å². The minimum Gasteiger partial charge on any atom is -0.380 e. The highest BCUT2D eigenvalue weighted by Crippen LogP contribution is 2.44. The van der Waals surface area contributed by atoms with Gasteiger partial charge in [0.1, 0.15) is 11.9 Å². The topological polar surface area (TPSA) is 46.0 Å². The Kier molecular flexibility index (Phi) is 5.74. The van der Waals surface area contributed by atoms with Crippen molar-refractivity contribution in [2.45, 2.75) is 36.8 Å². The van der Waals surface area contributed by atoms with Crippen molar-refractivity contribution >= 4 is 11.8 Å². The van der Waals surface area contributed by atoms with E-state index < -0.39 is 16.5 Å². The van der Waals surface area contributed by atoms with Gasteiger partial charge in [-0.15, -0.1) is 0 Å². The first-order valence-corrected chi connectivity index (χ1v) is 9.77. The SMILES string of the molecule is CC(C)(C)C(O)(c1ccc(-c2ccc(SC(F)(F)F)cc2)cc1)c1cncnc1. The number of alkyl halides is 3. The molecule has 0 saturated heterocycles. The fraction of sp³-hybridized carbons (Fsp3) is 0.273. The molecular formula is C22H21F3N2OS. The molecule has 1 N–H and O–H groups in total. The lowest BCUT2D eigenvalue weighted by Crippen LogP contribution is -2.41. The van der Waals surface area contributed by atoms with E-state index in [1.807, 2.05) is 45.0 Å². The summed E-state index contributed by atoms with van der Waals surface area (Å²) in [5.41, 5.74) is -3.22. The summed E-state index contributed by atoms with van der Waals surface area (Å²) in [6.07, 6.45) is 4.61. The zero-order chi connectivity index (χ0) is 21.3. The van der Waals surface area contributed by atoms with Crippen LogP contribution in [-0.4, -0.2) is 20.6 Å². The number of hydrogen-bond acceptors (Lipinski definition) is 4. The molecule has 2 aromatic carbocycles. The van der Waals surface area contributed by atoms with Crippen LogP contribution < -0.4 is 0 Å². The Hall–Kier alpha value is -2.38. The van der Waals surface area contributed by atoms with Crippen LogP contribution in [0.4, 0.5) is 13.2 Å². The number of aliphatic hydroxyl groups is 1. The third-order valence-electron chi connectivity index (χ3n) is 4.79. The second-order valence-corrected chi connectivity index (χ2v) is 8.88. The predicted molar refractivity (Wildman–Crippen MR) is 108 cm³/mol. The van der Waals surface area contributed by atoms with Gasteiger partial charge >= 0.3 is 5.51 Å². The van der Waals surface area contributed by atoms with E-state index in [9.17, 15) is 18.3 Å². The first-order chi connectivity index (χ1) is 13.5. The second-order valence-electron chi connectivity index (χ2n) is 7.74. The van der Waals surface area contributed by atoms with Gasteiger partial charge in [0.2, 0.25) is 0 Å². The first-order valence-electron chi connectivity index (χ1n) is 8.95. The first kappa shape index (κ1) is 21.3. The number of halogens is 3. The van der Waals surface area contributed by atoms with Gasteiger partial charge in [0, 0.05) is 22.9 Å². The summed E-state index contributed by atoms with van der Waals surface area (Å²) < 4.78 is 37.5. The van der Waals surface area contributed by atoms with Crippen LogP contribution in [-0.2, 0) is 5.60 Å². The van der Waals surface area contributed by atoms with Gasteiger partial charge in [-0.05, 0) is 46.0 Å². The van der Waals surface area contributed by atoms with Crippen molar-refractivity contribution in [3.05, 3.63) is 78.4 Å². The standard InChI is InChI=1S/C22H21F3N2OS/c1-20(2,3)21(28,18-12-26-14-27-13-18)17-8-4-15(5-9-17)16-6-10-19(11-7-16)29-22(23,24)25/h4-14,28H,1-3H3. The molecule has 0 saturated carbocycles. The fourth-order valence-electron chi connectivity index (χ4n) is 3.27. The Balaban J connectivity index is 1.93. The molecule has 0 aliphatic rings. The van der Waals surface area contributed by atoms with E-state index in [4.69, 9.17) is 0 Å². The van der Waals surface area contributed by atoms with Gasteiger partial charge in [-0.2, -0.15) is 13.2 Å². The van der Waals surface area contributed by atoms with Crippen molar-refractivity contribution in [2.75, 3.05) is 0 Å². The normalized spacial score (nSPS) is 14.4. The molecule has 0 radical (unpaired) electrons. The van der Waals surface area contributed by atoms with Gasteiger partial charge in [0.25, 0.3) is 0 Å². The van der Waals surface area contributed by atoms with Crippen LogP contribution in [0.5, 0.6) is 0 Å². The van der Waals surface area contributed by atoms with E-state index in [-0.39, 0.29) is 16.7 Å². The Bertz CT molecular complexity index is 953. The van der Waals surface area contributed by atoms with Crippen LogP contribution in [0.1, 0.15) is 31.9 Å². The van der Waals surface area contributed by atoms with Gasteiger partial charge in [-0.25, -0.2) is 9.97 Å². The predicted octanol–water partition coefficient (Wildman–Crippen LogP) is 6.04. The molecule has 1 heterocycles. The van der Waals surface area contributed by atoms with Crippen molar-refractivity contribution in [2.24, 2.45) is 5.41 Å². The molecule has 29 heavy (non-hydrogen) atoms. The zero-order valence-corrected chi connectivity index (χ0v) is 17.1. The van der Waals surface area contributed by atoms with Gasteiger partial charge in [0.15, 0.2) is 0 Å². The molecule has 0 spiro atoms. The molecule has 7 heteroatoms. The van der Waals surface area contributed by atoms with E-state index in [2.05, 4.69) is 9.97 Å². The highest BCUT2D eigenvalue weighted by Gasteiger charge is 2.43. The van der Waals surface area contributed by atoms with Crippen molar-refractivity contribution in [3.63, 3.8) is 0 Å². The van der Waals surface area contributed by atoms with E-state index >= 15 is 0 Å². The molecule has 1 aromatic heterocycles. The third kappa shape index (κ3) is 4.62. The van der Waals surface area contributed by atoms with Crippen LogP contribution in [0.15, 0.2) is 72.1 Å². The lowest BCUT2D eigenvalue weighted by Gasteiger charge is -2.40. The molecule has 0 aliphatic heterocycles.